The summed E-state index contributed by atoms with van der Waals surface area (Å²) in [6, 6.07) is 1.46. The molecule has 0 unspecified atom stereocenters. The van der Waals surface area contributed by atoms with Crippen LogP contribution in [-0.4, -0.2) is 14.6 Å². The van der Waals surface area contributed by atoms with Crippen LogP contribution in [0.3, 0.4) is 0 Å². The van der Waals surface area contributed by atoms with Crippen LogP contribution in [0.25, 0.3) is 0 Å². The van der Waals surface area contributed by atoms with Gasteiger partial charge in [-0.25, -0.2) is 10.1 Å². The minimum Gasteiger partial charge on any atom is -0.358 e. The van der Waals surface area contributed by atoms with E-state index < -0.39 is 21.2 Å². The van der Waals surface area contributed by atoms with Crippen LogP contribution in [0.1, 0.15) is 0 Å². The van der Waals surface area contributed by atoms with Gasteiger partial charge in [-0.1, -0.05) is 0 Å². The van der Waals surface area contributed by atoms with Crippen molar-refractivity contribution < 1.29 is 9.96 Å². The second-order valence-corrected chi connectivity index (χ2v) is 2.06. The molecule has 0 atom stereocenters. The molecule has 0 fully saturated rings. The van der Waals surface area contributed by atoms with Crippen molar-refractivity contribution in [3.05, 3.63) is 48.8 Å². The SMILES string of the molecule is O=c1ccn([N+](=O)[O-])c([N+](=O)[O-])c1. The average molecular weight is 185 g/mol. The van der Waals surface area contributed by atoms with E-state index in [0.29, 0.717) is 6.07 Å². The van der Waals surface area contributed by atoms with E-state index in [1.54, 1.807) is 0 Å². The molecule has 0 amide bonds. The summed E-state index contributed by atoms with van der Waals surface area (Å²) in [5.74, 6) is -0.863. The van der Waals surface area contributed by atoms with Crippen LogP contribution in [-0.2, 0) is 0 Å². The molecule has 0 saturated heterocycles. The fourth-order valence-electron chi connectivity index (χ4n) is 0.736. The number of nitrogens with zero attached hydrogens (tertiary/aromatic N) is 3. The summed E-state index contributed by atoms with van der Waals surface area (Å²) in [6.07, 6.45) is 0.737. The highest BCUT2D eigenvalue weighted by Crippen LogP contribution is 2.05. The number of rotatable bonds is 2. The second-order valence-electron chi connectivity index (χ2n) is 2.06. The first kappa shape index (κ1) is 8.84. The van der Waals surface area contributed by atoms with Gasteiger partial charge in [0.15, 0.2) is 11.6 Å². The van der Waals surface area contributed by atoms with Crippen LogP contribution in [0.15, 0.2) is 23.1 Å². The average Bonchev–Trinajstić information content (AvgIpc) is 2.03. The predicted molar refractivity (Wildman–Crippen MR) is 39.7 cm³/mol. The Bertz CT molecular complexity index is 422. The number of pyridine rings is 1. The molecule has 0 aliphatic carbocycles. The molecule has 0 radical (unpaired) electrons. The zero-order chi connectivity index (χ0) is 10.0. The van der Waals surface area contributed by atoms with Crippen LogP contribution < -0.4 is 5.43 Å². The second kappa shape index (κ2) is 3.01. The minimum atomic E-state index is -0.996. The number of hydrogen-bond donors (Lipinski definition) is 0. The highest BCUT2D eigenvalue weighted by Gasteiger charge is 2.20. The highest BCUT2D eigenvalue weighted by atomic mass is 16.7. The van der Waals surface area contributed by atoms with E-state index in [4.69, 9.17) is 0 Å². The lowest BCUT2D eigenvalue weighted by Gasteiger charge is -1.94. The summed E-state index contributed by atoms with van der Waals surface area (Å²) in [4.78, 5) is 30.1. The van der Waals surface area contributed by atoms with Crippen LogP contribution >= 0.6 is 0 Å². The Labute approximate surface area is 70.3 Å². The summed E-state index contributed by atoms with van der Waals surface area (Å²) in [6.45, 7) is 0. The van der Waals surface area contributed by atoms with Gasteiger partial charge in [0.05, 0.1) is 10.7 Å². The van der Waals surface area contributed by atoms with Crippen molar-refractivity contribution in [1.82, 2.24) is 4.68 Å². The molecule has 8 heteroatoms. The first-order valence-corrected chi connectivity index (χ1v) is 3.04. The third-order valence-electron chi connectivity index (χ3n) is 1.25. The van der Waals surface area contributed by atoms with Crippen LogP contribution in [0, 0.1) is 20.2 Å². The summed E-state index contributed by atoms with van der Waals surface area (Å²) >= 11 is 0. The lowest BCUT2D eigenvalue weighted by molar-refractivity contribution is -0.560. The quantitative estimate of drug-likeness (QED) is 0.468. The van der Waals surface area contributed by atoms with Gasteiger partial charge in [0.2, 0.25) is 0 Å². The molecule has 0 aromatic carbocycles. The lowest BCUT2D eigenvalue weighted by atomic mass is 10.4. The Hall–Kier alpha value is -2.25. The van der Waals surface area contributed by atoms with E-state index >= 15 is 0 Å². The van der Waals surface area contributed by atoms with Crippen molar-refractivity contribution in [3.63, 3.8) is 0 Å². The van der Waals surface area contributed by atoms with Crippen LogP contribution in [0.2, 0.25) is 0 Å². The maximum Gasteiger partial charge on any atom is 0.392 e. The van der Waals surface area contributed by atoms with Crippen molar-refractivity contribution in [2.75, 3.05) is 0 Å². The fourth-order valence-corrected chi connectivity index (χ4v) is 0.736. The Morgan fingerprint density at radius 2 is 1.92 bits per heavy atom. The molecule has 68 valence electrons. The van der Waals surface area contributed by atoms with Crippen molar-refractivity contribution in [2.24, 2.45) is 0 Å². The van der Waals surface area contributed by atoms with Crippen molar-refractivity contribution >= 4 is 5.82 Å². The topological polar surface area (TPSA) is 108 Å². The highest BCUT2D eigenvalue weighted by molar-refractivity contribution is 5.18. The Morgan fingerprint density at radius 1 is 1.31 bits per heavy atom. The van der Waals surface area contributed by atoms with Gasteiger partial charge in [-0.2, -0.15) is 0 Å². The van der Waals surface area contributed by atoms with E-state index in [0.717, 1.165) is 12.3 Å². The van der Waals surface area contributed by atoms with Gasteiger partial charge in [-0.3, -0.25) is 4.79 Å². The van der Waals surface area contributed by atoms with Crippen molar-refractivity contribution in [3.8, 4) is 0 Å². The third-order valence-corrected chi connectivity index (χ3v) is 1.25. The Kier molecular flexibility index (Phi) is 2.05. The molecule has 13 heavy (non-hydrogen) atoms. The van der Waals surface area contributed by atoms with Gasteiger partial charge in [-0.15, -0.1) is 0 Å². The first-order chi connectivity index (χ1) is 6.02. The summed E-state index contributed by atoms with van der Waals surface area (Å²) in [7, 11) is 0. The Balaban J connectivity index is 3.44. The molecule has 0 aliphatic rings. The number of nitro groups is 2. The largest absolute Gasteiger partial charge is 0.392 e. The van der Waals surface area contributed by atoms with Crippen LogP contribution in [0.4, 0.5) is 5.82 Å². The minimum absolute atomic E-state index is 0.168. The summed E-state index contributed by atoms with van der Waals surface area (Å²) in [5, 5.41) is 19.4. The van der Waals surface area contributed by atoms with Gasteiger partial charge in [0.1, 0.15) is 0 Å². The van der Waals surface area contributed by atoms with Gasteiger partial charge >= 0.3 is 5.82 Å². The van der Waals surface area contributed by atoms with E-state index in [-0.39, 0.29) is 4.68 Å². The van der Waals surface area contributed by atoms with Crippen molar-refractivity contribution in [1.29, 1.82) is 0 Å². The lowest BCUT2D eigenvalue weighted by Crippen LogP contribution is -2.16. The molecule has 1 heterocycles. The molecular weight excluding hydrogens is 182 g/mol. The molecule has 0 N–H and O–H groups in total. The molecule has 0 spiro atoms. The smallest absolute Gasteiger partial charge is 0.358 e. The summed E-state index contributed by atoms with van der Waals surface area (Å²) in [5.41, 5.74) is -0.648. The van der Waals surface area contributed by atoms with Gasteiger partial charge in [0, 0.05) is 6.07 Å². The third kappa shape index (κ3) is 1.67. The maximum atomic E-state index is 10.6. The molecule has 1 rings (SSSR count). The zero-order valence-corrected chi connectivity index (χ0v) is 6.11. The van der Waals surface area contributed by atoms with E-state index in [2.05, 4.69) is 0 Å². The predicted octanol–water partition coefficient (Wildman–Crippen LogP) is -0.204. The first-order valence-electron chi connectivity index (χ1n) is 3.04. The number of hydrogen-bond acceptors (Lipinski definition) is 5. The van der Waals surface area contributed by atoms with Gasteiger partial charge in [-0.05, 0) is 4.92 Å². The molecule has 8 nitrogen and oxygen atoms in total. The zero-order valence-electron chi connectivity index (χ0n) is 6.11. The molecule has 1 aromatic heterocycles. The maximum absolute atomic E-state index is 10.6. The Morgan fingerprint density at radius 3 is 2.38 bits per heavy atom. The molecular formula is C5H3N3O5. The van der Waals surface area contributed by atoms with E-state index in [9.17, 15) is 25.0 Å². The summed E-state index contributed by atoms with van der Waals surface area (Å²) < 4.78 is 0.168. The van der Waals surface area contributed by atoms with E-state index in [1.807, 2.05) is 0 Å². The molecule has 1 aromatic rings. The molecule has 0 bridgehead atoms. The van der Waals surface area contributed by atoms with Gasteiger partial charge in [0.25, 0.3) is 5.03 Å². The van der Waals surface area contributed by atoms with E-state index in [1.165, 1.54) is 0 Å². The monoisotopic (exact) mass is 185 g/mol. The van der Waals surface area contributed by atoms with Crippen molar-refractivity contribution in [2.45, 2.75) is 0 Å². The molecule has 0 saturated carbocycles. The van der Waals surface area contributed by atoms with Crippen LogP contribution in [0.5, 0.6) is 0 Å². The standard InChI is InChI=1S/C5H3N3O5/c9-4-1-2-6(8(12)13)5(3-4)7(10)11/h1-3H. The normalized spacial score (nSPS) is 9.54. The fraction of sp³-hybridized carbons (Fsp3) is 0. The van der Waals surface area contributed by atoms with Gasteiger partial charge < -0.3 is 10.1 Å². The molecule has 0 aliphatic heterocycles. The number of aromatic nitrogens is 1.